The van der Waals surface area contributed by atoms with Gasteiger partial charge in [-0.25, -0.2) is 0 Å². The maximum absolute atomic E-state index is 9.50. The van der Waals surface area contributed by atoms with Crippen molar-refractivity contribution in [3.63, 3.8) is 0 Å². The molecule has 0 fully saturated rings. The van der Waals surface area contributed by atoms with Gasteiger partial charge in [0.2, 0.25) is 0 Å². The molecule has 0 saturated carbocycles. The van der Waals surface area contributed by atoms with Crippen LogP contribution in [0.25, 0.3) is 0 Å². The van der Waals surface area contributed by atoms with Crippen LogP contribution < -0.4 is 0 Å². The molecule has 18 heavy (non-hydrogen) atoms. The molecule has 2 rings (SSSR count). The van der Waals surface area contributed by atoms with Crippen molar-refractivity contribution in [3.05, 3.63) is 71.8 Å². The second-order valence-corrected chi connectivity index (χ2v) is 4.46. The van der Waals surface area contributed by atoms with Crippen molar-refractivity contribution in [2.24, 2.45) is 0 Å². The van der Waals surface area contributed by atoms with E-state index in [0.717, 1.165) is 18.4 Å². The Morgan fingerprint density at radius 1 is 0.833 bits per heavy atom. The summed E-state index contributed by atoms with van der Waals surface area (Å²) in [5.74, 6) is -0.230. The molecule has 0 aromatic heterocycles. The van der Waals surface area contributed by atoms with E-state index in [9.17, 15) is 10.0 Å². The van der Waals surface area contributed by atoms with Crippen LogP contribution in [0, 0.1) is 0 Å². The van der Waals surface area contributed by atoms with E-state index in [2.05, 4.69) is 12.1 Å². The predicted molar refractivity (Wildman–Crippen MR) is 74.1 cm³/mol. The Morgan fingerprint density at radius 2 is 1.39 bits per heavy atom. The number of benzene rings is 2. The average Bonchev–Trinajstić information content (AvgIpc) is 2.41. The van der Waals surface area contributed by atoms with Gasteiger partial charge in [0.15, 0.2) is 0 Å². The maximum Gasteiger partial charge on any atom is 0.459 e. The zero-order chi connectivity index (χ0) is 12.8. The van der Waals surface area contributed by atoms with Crippen LogP contribution >= 0.6 is 0 Å². The summed E-state index contributed by atoms with van der Waals surface area (Å²) < 4.78 is 0. The summed E-state index contributed by atoms with van der Waals surface area (Å²) in [7, 11) is -1.31. The zero-order valence-electron chi connectivity index (χ0n) is 10.2. The Bertz CT molecular complexity index is 456. The molecule has 1 atom stereocenters. The van der Waals surface area contributed by atoms with Crippen molar-refractivity contribution in [1.82, 2.24) is 0 Å². The average molecular weight is 240 g/mol. The minimum atomic E-state index is -1.31. The molecule has 92 valence electrons. The Kier molecular flexibility index (Phi) is 4.56. The summed E-state index contributed by atoms with van der Waals surface area (Å²) in [4.78, 5) is 0. The Balaban J connectivity index is 2.04. The first-order valence-corrected chi connectivity index (χ1v) is 6.22. The molecule has 0 amide bonds. The molecule has 0 aliphatic heterocycles. The van der Waals surface area contributed by atoms with Gasteiger partial charge < -0.3 is 10.0 Å². The monoisotopic (exact) mass is 240 g/mol. The van der Waals surface area contributed by atoms with Crippen LogP contribution in [0.3, 0.4) is 0 Å². The largest absolute Gasteiger partial charge is 0.459 e. The highest BCUT2D eigenvalue weighted by Gasteiger charge is 2.24. The smallest absolute Gasteiger partial charge is 0.427 e. The van der Waals surface area contributed by atoms with Crippen molar-refractivity contribution < 1.29 is 10.0 Å². The lowest BCUT2D eigenvalue weighted by molar-refractivity contribution is 0.383. The molecule has 0 saturated heterocycles. The Labute approximate surface area is 108 Å². The van der Waals surface area contributed by atoms with Crippen LogP contribution in [0.2, 0.25) is 0 Å². The van der Waals surface area contributed by atoms with Crippen LogP contribution in [0.5, 0.6) is 0 Å². The van der Waals surface area contributed by atoms with E-state index in [-0.39, 0.29) is 5.82 Å². The first-order valence-electron chi connectivity index (χ1n) is 6.22. The van der Waals surface area contributed by atoms with Crippen LogP contribution in [0.15, 0.2) is 60.7 Å². The van der Waals surface area contributed by atoms with Gasteiger partial charge in [0.05, 0.1) is 0 Å². The molecular formula is C15H17BO2. The minimum Gasteiger partial charge on any atom is -0.427 e. The third kappa shape index (κ3) is 3.46. The minimum absolute atomic E-state index is 0.230. The molecular weight excluding hydrogens is 223 g/mol. The van der Waals surface area contributed by atoms with Crippen molar-refractivity contribution in [2.45, 2.75) is 18.7 Å². The summed E-state index contributed by atoms with van der Waals surface area (Å²) in [6, 6.07) is 19.8. The lowest BCUT2D eigenvalue weighted by atomic mass is 9.66. The summed E-state index contributed by atoms with van der Waals surface area (Å²) >= 11 is 0. The third-order valence-electron chi connectivity index (χ3n) is 3.17. The van der Waals surface area contributed by atoms with E-state index in [4.69, 9.17) is 0 Å². The number of hydrogen-bond acceptors (Lipinski definition) is 2. The second kappa shape index (κ2) is 6.38. The fraction of sp³-hybridized carbons (Fsp3) is 0.200. The summed E-state index contributed by atoms with van der Waals surface area (Å²) in [5.41, 5.74) is 2.20. The van der Waals surface area contributed by atoms with E-state index >= 15 is 0 Å². The highest BCUT2D eigenvalue weighted by atomic mass is 16.4. The number of aryl methyl sites for hydroxylation is 1. The molecule has 0 bridgehead atoms. The molecule has 0 aliphatic rings. The van der Waals surface area contributed by atoms with Crippen LogP contribution in [0.1, 0.15) is 23.4 Å². The van der Waals surface area contributed by atoms with E-state index in [1.807, 2.05) is 48.5 Å². The van der Waals surface area contributed by atoms with Gasteiger partial charge in [0.25, 0.3) is 0 Å². The number of rotatable bonds is 5. The molecule has 2 aromatic carbocycles. The first-order chi connectivity index (χ1) is 8.77. The van der Waals surface area contributed by atoms with E-state index in [1.165, 1.54) is 5.56 Å². The second-order valence-electron chi connectivity index (χ2n) is 4.46. The topological polar surface area (TPSA) is 40.5 Å². The SMILES string of the molecule is OB(O)C(CCc1ccccc1)c1ccccc1. The molecule has 0 aliphatic carbocycles. The van der Waals surface area contributed by atoms with E-state index in [1.54, 1.807) is 0 Å². The van der Waals surface area contributed by atoms with Gasteiger partial charge in [-0.3, -0.25) is 0 Å². The van der Waals surface area contributed by atoms with Gasteiger partial charge >= 0.3 is 7.12 Å². The molecule has 0 heterocycles. The van der Waals surface area contributed by atoms with Gasteiger partial charge in [-0.05, 0) is 24.0 Å². The maximum atomic E-state index is 9.50. The molecule has 0 radical (unpaired) electrons. The van der Waals surface area contributed by atoms with Crippen molar-refractivity contribution >= 4 is 7.12 Å². The highest BCUT2D eigenvalue weighted by Crippen LogP contribution is 2.22. The van der Waals surface area contributed by atoms with Crippen LogP contribution in [0.4, 0.5) is 0 Å². The molecule has 2 N–H and O–H groups in total. The molecule has 3 heteroatoms. The van der Waals surface area contributed by atoms with Gasteiger partial charge in [-0.1, -0.05) is 60.7 Å². The Morgan fingerprint density at radius 3 is 1.94 bits per heavy atom. The predicted octanol–water partition coefficient (Wildman–Crippen LogP) is 2.42. The fourth-order valence-electron chi connectivity index (χ4n) is 2.15. The Hall–Kier alpha value is -1.58. The van der Waals surface area contributed by atoms with E-state index < -0.39 is 7.12 Å². The van der Waals surface area contributed by atoms with Gasteiger partial charge in [0, 0.05) is 5.82 Å². The van der Waals surface area contributed by atoms with Crippen molar-refractivity contribution in [3.8, 4) is 0 Å². The molecule has 2 aromatic rings. The van der Waals surface area contributed by atoms with Gasteiger partial charge in [-0.2, -0.15) is 0 Å². The van der Waals surface area contributed by atoms with Crippen LogP contribution in [-0.2, 0) is 6.42 Å². The lowest BCUT2D eigenvalue weighted by Crippen LogP contribution is -2.24. The molecule has 2 nitrogen and oxygen atoms in total. The quantitative estimate of drug-likeness (QED) is 0.788. The summed E-state index contributed by atoms with van der Waals surface area (Å²) in [6.45, 7) is 0. The highest BCUT2D eigenvalue weighted by molar-refractivity contribution is 6.43. The van der Waals surface area contributed by atoms with E-state index in [0.29, 0.717) is 0 Å². The normalized spacial score (nSPS) is 12.1. The van der Waals surface area contributed by atoms with Gasteiger partial charge in [0.1, 0.15) is 0 Å². The standard InChI is InChI=1S/C15H17BO2/c17-16(18)15(14-9-5-2-6-10-14)12-11-13-7-3-1-4-8-13/h1-10,15,17-18H,11-12H2. The fourth-order valence-corrected chi connectivity index (χ4v) is 2.15. The summed E-state index contributed by atoms with van der Waals surface area (Å²) in [5, 5.41) is 19.0. The zero-order valence-corrected chi connectivity index (χ0v) is 10.2. The molecule has 0 spiro atoms. The van der Waals surface area contributed by atoms with Gasteiger partial charge in [-0.15, -0.1) is 0 Å². The molecule has 1 unspecified atom stereocenters. The number of hydrogen-bond donors (Lipinski definition) is 2. The summed E-state index contributed by atoms with van der Waals surface area (Å²) in [6.07, 6.45) is 1.57. The third-order valence-corrected chi connectivity index (χ3v) is 3.17. The van der Waals surface area contributed by atoms with Crippen molar-refractivity contribution in [1.29, 1.82) is 0 Å². The lowest BCUT2D eigenvalue weighted by Gasteiger charge is -2.16. The first kappa shape index (κ1) is 12.9. The van der Waals surface area contributed by atoms with Crippen molar-refractivity contribution in [2.75, 3.05) is 0 Å². The van der Waals surface area contributed by atoms with Crippen LogP contribution in [-0.4, -0.2) is 17.2 Å².